The van der Waals surface area contributed by atoms with Crippen LogP contribution in [0.4, 0.5) is 0 Å². The minimum absolute atomic E-state index is 0.383. The van der Waals surface area contributed by atoms with Crippen LogP contribution in [0.2, 0.25) is 0 Å². The summed E-state index contributed by atoms with van der Waals surface area (Å²) in [5.74, 6) is -0.775. The maximum Gasteiger partial charge on any atom is 0.323 e. The fraction of sp³-hybridized carbons (Fsp3) is 0.833. The maximum absolute atomic E-state index is 11.0. The molecule has 0 amide bonds. The van der Waals surface area contributed by atoms with E-state index in [1.165, 1.54) is 0 Å². The molecule has 6 heteroatoms. The summed E-state index contributed by atoms with van der Waals surface area (Å²) >= 11 is 11.1. The molecule has 0 fully saturated rings. The molecule has 0 saturated carbocycles. The first-order chi connectivity index (χ1) is 8.45. The lowest BCUT2D eigenvalue weighted by molar-refractivity contribution is -0.144. The highest BCUT2D eigenvalue weighted by molar-refractivity contribution is 6.29. The number of halogens is 2. The Bertz CT molecular complexity index is 228. The van der Waals surface area contributed by atoms with E-state index in [0.29, 0.717) is 13.2 Å². The Labute approximate surface area is 118 Å². The molecule has 4 nitrogen and oxygen atoms in total. The Morgan fingerprint density at radius 1 is 0.833 bits per heavy atom. The Hall–Kier alpha value is -0.480. The lowest BCUT2D eigenvalue weighted by Gasteiger charge is -2.07. The van der Waals surface area contributed by atoms with Crippen LogP contribution in [-0.4, -0.2) is 35.9 Å². The molecule has 0 aromatic carbocycles. The van der Waals surface area contributed by atoms with Crippen LogP contribution < -0.4 is 0 Å². The molecule has 0 aromatic heterocycles. The molecular weight excluding hydrogens is 279 g/mol. The van der Waals surface area contributed by atoms with Crippen molar-refractivity contribution in [2.75, 3.05) is 13.2 Å². The average Bonchev–Trinajstić information content (AvgIpc) is 2.31. The molecule has 0 rings (SSSR count). The molecule has 0 aliphatic rings. The number of alkyl halides is 2. The van der Waals surface area contributed by atoms with Crippen LogP contribution in [0.3, 0.4) is 0 Å². The van der Waals surface area contributed by atoms with Gasteiger partial charge in [0, 0.05) is 0 Å². The van der Waals surface area contributed by atoms with E-state index in [4.69, 9.17) is 32.7 Å². The molecular formula is C12H20Cl2O4. The number of carbonyl (C=O) groups is 2. The lowest BCUT2D eigenvalue weighted by atomic mass is 10.2. The summed E-state index contributed by atoms with van der Waals surface area (Å²) in [6.07, 6.45) is 3.40. The van der Waals surface area contributed by atoms with Gasteiger partial charge in [0.25, 0.3) is 0 Å². The quantitative estimate of drug-likeness (QED) is 0.373. The van der Waals surface area contributed by atoms with Gasteiger partial charge in [-0.15, -0.1) is 23.2 Å². The predicted molar refractivity (Wildman–Crippen MR) is 71.0 cm³/mol. The molecule has 0 saturated heterocycles. The first kappa shape index (κ1) is 17.5. The monoisotopic (exact) mass is 298 g/mol. The molecule has 0 radical (unpaired) electrons. The number of rotatable bonds is 9. The van der Waals surface area contributed by atoms with Crippen molar-refractivity contribution in [3.63, 3.8) is 0 Å². The lowest BCUT2D eigenvalue weighted by Crippen LogP contribution is -2.15. The second kappa shape index (κ2) is 10.4. The van der Waals surface area contributed by atoms with Crippen LogP contribution in [-0.2, 0) is 19.1 Å². The molecule has 0 heterocycles. The minimum atomic E-state index is -0.595. The van der Waals surface area contributed by atoms with Crippen LogP contribution in [0, 0.1) is 0 Å². The van der Waals surface area contributed by atoms with Gasteiger partial charge in [-0.1, -0.05) is 0 Å². The summed E-state index contributed by atoms with van der Waals surface area (Å²) in [5.41, 5.74) is 0. The molecule has 0 spiro atoms. The zero-order chi connectivity index (χ0) is 14.0. The van der Waals surface area contributed by atoms with Gasteiger partial charge < -0.3 is 9.47 Å². The van der Waals surface area contributed by atoms with E-state index in [9.17, 15) is 9.59 Å². The first-order valence-electron chi connectivity index (χ1n) is 6.06. The highest BCUT2D eigenvalue weighted by Gasteiger charge is 2.10. The van der Waals surface area contributed by atoms with E-state index >= 15 is 0 Å². The smallest absolute Gasteiger partial charge is 0.323 e. The number of carbonyl (C=O) groups excluding carboxylic acids is 2. The van der Waals surface area contributed by atoms with Gasteiger partial charge in [-0.25, -0.2) is 0 Å². The van der Waals surface area contributed by atoms with E-state index < -0.39 is 10.8 Å². The van der Waals surface area contributed by atoms with Crippen LogP contribution in [0.15, 0.2) is 0 Å². The second-order valence-corrected chi connectivity index (χ2v) is 5.29. The number of unbranched alkanes of at least 4 members (excludes halogenated alkanes) is 3. The largest absolute Gasteiger partial charge is 0.465 e. The van der Waals surface area contributed by atoms with E-state index in [0.717, 1.165) is 25.7 Å². The van der Waals surface area contributed by atoms with Crippen LogP contribution in [0.1, 0.15) is 39.5 Å². The summed E-state index contributed by atoms with van der Waals surface area (Å²) < 4.78 is 9.81. The third-order valence-corrected chi connectivity index (χ3v) is 2.53. The highest BCUT2D eigenvalue weighted by Crippen LogP contribution is 2.04. The molecule has 0 aromatic rings. The Morgan fingerprint density at radius 3 is 1.44 bits per heavy atom. The van der Waals surface area contributed by atoms with Crippen LogP contribution in [0.5, 0.6) is 0 Å². The Kier molecular flexibility index (Phi) is 10.2. The van der Waals surface area contributed by atoms with E-state index in [-0.39, 0.29) is 11.9 Å². The molecule has 0 aliphatic carbocycles. The van der Waals surface area contributed by atoms with Gasteiger partial charge >= 0.3 is 11.9 Å². The van der Waals surface area contributed by atoms with E-state index in [1.807, 2.05) is 0 Å². The number of hydrogen-bond donors (Lipinski definition) is 0. The molecule has 0 aliphatic heterocycles. The molecule has 2 unspecified atom stereocenters. The molecule has 106 valence electrons. The summed E-state index contributed by atoms with van der Waals surface area (Å²) in [6, 6.07) is 0. The highest BCUT2D eigenvalue weighted by atomic mass is 35.5. The number of esters is 2. The fourth-order valence-electron chi connectivity index (χ4n) is 1.13. The number of hydrogen-bond acceptors (Lipinski definition) is 4. The average molecular weight is 299 g/mol. The van der Waals surface area contributed by atoms with Gasteiger partial charge in [0.15, 0.2) is 0 Å². The van der Waals surface area contributed by atoms with Gasteiger partial charge in [0.1, 0.15) is 10.8 Å². The van der Waals surface area contributed by atoms with Gasteiger partial charge in [-0.05, 0) is 39.5 Å². The summed E-state index contributed by atoms with van der Waals surface area (Å²) in [7, 11) is 0. The molecule has 2 atom stereocenters. The summed E-state index contributed by atoms with van der Waals surface area (Å²) in [5, 5.41) is -1.19. The zero-order valence-electron chi connectivity index (χ0n) is 10.8. The van der Waals surface area contributed by atoms with Crippen molar-refractivity contribution in [3.05, 3.63) is 0 Å². The maximum atomic E-state index is 11.0. The molecule has 0 bridgehead atoms. The van der Waals surface area contributed by atoms with Crippen molar-refractivity contribution >= 4 is 35.1 Å². The van der Waals surface area contributed by atoms with Crippen molar-refractivity contribution in [2.45, 2.75) is 50.3 Å². The third kappa shape index (κ3) is 9.54. The minimum Gasteiger partial charge on any atom is -0.465 e. The molecule has 0 N–H and O–H groups in total. The van der Waals surface area contributed by atoms with E-state index in [1.54, 1.807) is 13.8 Å². The van der Waals surface area contributed by atoms with Gasteiger partial charge in [0.2, 0.25) is 0 Å². The topological polar surface area (TPSA) is 52.6 Å². The van der Waals surface area contributed by atoms with Gasteiger partial charge in [-0.3, -0.25) is 9.59 Å². The van der Waals surface area contributed by atoms with Crippen molar-refractivity contribution in [1.82, 2.24) is 0 Å². The zero-order valence-corrected chi connectivity index (χ0v) is 12.3. The van der Waals surface area contributed by atoms with Crippen molar-refractivity contribution in [1.29, 1.82) is 0 Å². The van der Waals surface area contributed by atoms with Crippen molar-refractivity contribution in [3.8, 4) is 0 Å². The van der Waals surface area contributed by atoms with Crippen molar-refractivity contribution in [2.24, 2.45) is 0 Å². The first-order valence-corrected chi connectivity index (χ1v) is 6.94. The van der Waals surface area contributed by atoms with Crippen LogP contribution in [0.25, 0.3) is 0 Å². The summed E-state index contributed by atoms with van der Waals surface area (Å²) in [4.78, 5) is 22.0. The summed E-state index contributed by atoms with van der Waals surface area (Å²) in [6.45, 7) is 3.93. The van der Waals surface area contributed by atoms with Gasteiger partial charge in [-0.2, -0.15) is 0 Å². The van der Waals surface area contributed by atoms with Crippen LogP contribution >= 0.6 is 23.2 Å². The number of ether oxygens (including phenoxy) is 2. The Morgan fingerprint density at radius 2 is 1.17 bits per heavy atom. The Balaban J connectivity index is 3.27. The standard InChI is InChI=1S/C12H20Cl2O4/c1-9(13)11(15)17-7-5-3-4-6-8-18-12(16)10(2)14/h9-10H,3-8H2,1-2H3. The SMILES string of the molecule is CC(Cl)C(=O)OCCCCCCOC(=O)C(C)Cl. The molecule has 18 heavy (non-hydrogen) atoms. The van der Waals surface area contributed by atoms with E-state index in [2.05, 4.69) is 0 Å². The van der Waals surface area contributed by atoms with Gasteiger partial charge in [0.05, 0.1) is 13.2 Å². The van der Waals surface area contributed by atoms with Crippen molar-refractivity contribution < 1.29 is 19.1 Å². The normalized spacial score (nSPS) is 13.8. The third-order valence-electron chi connectivity index (χ3n) is 2.18. The predicted octanol–water partition coefficient (Wildman–Crippen LogP) is 2.89. The second-order valence-electron chi connectivity index (χ2n) is 3.98. The fourth-order valence-corrected chi connectivity index (χ4v) is 1.26.